The average Bonchev–Trinajstić information content (AvgIpc) is 2.53. The van der Waals surface area contributed by atoms with E-state index < -0.39 is 12.1 Å². The van der Waals surface area contributed by atoms with Crippen LogP contribution in [-0.4, -0.2) is 17.7 Å². The van der Waals surface area contributed by atoms with Crippen molar-refractivity contribution in [3.8, 4) is 6.07 Å². The van der Waals surface area contributed by atoms with Gasteiger partial charge in [-0.25, -0.2) is 4.79 Å². The van der Waals surface area contributed by atoms with Gasteiger partial charge in [0.2, 0.25) is 0 Å². The van der Waals surface area contributed by atoms with Crippen LogP contribution in [-0.2, 0) is 0 Å². The molecule has 0 saturated carbocycles. The lowest BCUT2D eigenvalue weighted by Crippen LogP contribution is -2.32. The van der Waals surface area contributed by atoms with Gasteiger partial charge in [-0.1, -0.05) is 35.3 Å². The van der Waals surface area contributed by atoms with Crippen LogP contribution >= 0.6 is 23.2 Å². The number of carbonyl (C=O) groups is 1. The summed E-state index contributed by atoms with van der Waals surface area (Å²) in [6, 6.07) is 12.7. The topological polar surface area (TPSA) is 85.2 Å². The van der Waals surface area contributed by atoms with Crippen LogP contribution in [0.15, 0.2) is 42.5 Å². The predicted molar refractivity (Wildman–Crippen MR) is 89.6 cm³/mol. The molecule has 0 heterocycles. The van der Waals surface area contributed by atoms with Crippen molar-refractivity contribution in [1.82, 2.24) is 5.32 Å². The Labute approximate surface area is 143 Å². The molecule has 3 N–H and O–H groups in total. The summed E-state index contributed by atoms with van der Waals surface area (Å²) in [5, 5.41) is 24.8. The molecule has 0 aliphatic heterocycles. The van der Waals surface area contributed by atoms with E-state index in [1.165, 1.54) is 6.07 Å². The molecule has 0 radical (unpaired) electrons. The van der Waals surface area contributed by atoms with E-state index >= 15 is 0 Å². The molecule has 2 aromatic carbocycles. The van der Waals surface area contributed by atoms with E-state index in [9.17, 15) is 9.90 Å². The highest BCUT2D eigenvalue weighted by Crippen LogP contribution is 2.25. The molecule has 0 aromatic heterocycles. The van der Waals surface area contributed by atoms with Crippen LogP contribution in [0.2, 0.25) is 10.0 Å². The van der Waals surface area contributed by atoms with Crippen molar-refractivity contribution < 1.29 is 9.90 Å². The highest BCUT2D eigenvalue weighted by Gasteiger charge is 2.13. The standard InChI is InChI=1S/C16H13Cl2N3O2/c17-11-4-5-13(14(18)7-11)15(22)9-20-16(23)21-12-3-1-2-10(6-12)8-19/h1-7,15,22H,9H2,(H2,20,21,23). The minimum Gasteiger partial charge on any atom is -0.387 e. The minimum atomic E-state index is -0.962. The SMILES string of the molecule is N#Cc1cccc(NC(=O)NCC(O)c2ccc(Cl)cc2Cl)c1. The second kappa shape index (κ2) is 7.84. The van der Waals surface area contributed by atoms with E-state index in [2.05, 4.69) is 10.6 Å². The summed E-state index contributed by atoms with van der Waals surface area (Å²) in [5.74, 6) is 0. The first-order valence-electron chi connectivity index (χ1n) is 6.67. The number of benzene rings is 2. The summed E-state index contributed by atoms with van der Waals surface area (Å²) in [5.41, 5.74) is 1.40. The highest BCUT2D eigenvalue weighted by molar-refractivity contribution is 6.35. The van der Waals surface area contributed by atoms with E-state index in [0.717, 1.165) is 0 Å². The van der Waals surface area contributed by atoms with Crippen LogP contribution < -0.4 is 10.6 Å². The molecule has 2 amide bonds. The number of anilines is 1. The van der Waals surface area contributed by atoms with Crippen molar-refractivity contribution in [2.75, 3.05) is 11.9 Å². The quantitative estimate of drug-likeness (QED) is 0.786. The summed E-state index contributed by atoms with van der Waals surface area (Å²) in [7, 11) is 0. The Morgan fingerprint density at radius 2 is 2.04 bits per heavy atom. The first-order chi connectivity index (χ1) is 11.0. The summed E-state index contributed by atoms with van der Waals surface area (Å²) in [6.07, 6.45) is -0.962. The molecule has 2 rings (SSSR count). The molecule has 0 fully saturated rings. The third-order valence-electron chi connectivity index (χ3n) is 3.03. The Morgan fingerprint density at radius 1 is 1.26 bits per heavy atom. The third kappa shape index (κ3) is 4.86. The van der Waals surface area contributed by atoms with Crippen molar-refractivity contribution in [2.24, 2.45) is 0 Å². The highest BCUT2D eigenvalue weighted by atomic mass is 35.5. The minimum absolute atomic E-state index is 0.0227. The third-order valence-corrected chi connectivity index (χ3v) is 3.59. The Morgan fingerprint density at radius 3 is 2.74 bits per heavy atom. The van der Waals surface area contributed by atoms with Crippen LogP contribution in [0.1, 0.15) is 17.2 Å². The fraction of sp³-hybridized carbons (Fsp3) is 0.125. The molecular formula is C16H13Cl2N3O2. The number of aliphatic hydroxyl groups is 1. The van der Waals surface area contributed by atoms with Gasteiger partial charge in [-0.3, -0.25) is 0 Å². The zero-order valence-corrected chi connectivity index (χ0v) is 13.4. The van der Waals surface area contributed by atoms with Gasteiger partial charge in [0, 0.05) is 27.8 Å². The number of aliphatic hydroxyl groups excluding tert-OH is 1. The Kier molecular flexibility index (Phi) is 5.83. The molecule has 0 saturated heterocycles. The number of rotatable bonds is 4. The van der Waals surface area contributed by atoms with Crippen LogP contribution in [0, 0.1) is 11.3 Å². The van der Waals surface area contributed by atoms with Gasteiger partial charge in [0.15, 0.2) is 0 Å². The molecule has 0 aliphatic rings. The van der Waals surface area contributed by atoms with Gasteiger partial charge in [-0.2, -0.15) is 5.26 Å². The van der Waals surface area contributed by atoms with Gasteiger partial charge < -0.3 is 15.7 Å². The number of amides is 2. The molecule has 5 nitrogen and oxygen atoms in total. The van der Waals surface area contributed by atoms with Crippen molar-refractivity contribution in [3.05, 3.63) is 63.6 Å². The first-order valence-corrected chi connectivity index (χ1v) is 7.43. The van der Waals surface area contributed by atoms with Crippen LogP contribution in [0.4, 0.5) is 10.5 Å². The molecule has 2 aromatic rings. The number of hydrogen-bond acceptors (Lipinski definition) is 3. The number of carbonyl (C=O) groups excluding carboxylic acids is 1. The van der Waals surface area contributed by atoms with E-state index in [1.807, 2.05) is 6.07 Å². The van der Waals surface area contributed by atoms with E-state index in [0.29, 0.717) is 26.9 Å². The van der Waals surface area contributed by atoms with Crippen molar-refractivity contribution in [3.63, 3.8) is 0 Å². The van der Waals surface area contributed by atoms with Gasteiger partial charge in [0.25, 0.3) is 0 Å². The predicted octanol–water partition coefficient (Wildman–Crippen LogP) is 3.72. The molecule has 23 heavy (non-hydrogen) atoms. The normalized spacial score (nSPS) is 11.4. The molecule has 1 atom stereocenters. The maximum atomic E-state index is 11.8. The van der Waals surface area contributed by atoms with Gasteiger partial charge >= 0.3 is 6.03 Å². The summed E-state index contributed by atoms with van der Waals surface area (Å²) >= 11 is 11.8. The molecular weight excluding hydrogens is 337 g/mol. The van der Waals surface area contributed by atoms with E-state index in [1.54, 1.807) is 36.4 Å². The van der Waals surface area contributed by atoms with Gasteiger partial charge in [-0.05, 0) is 30.3 Å². The zero-order chi connectivity index (χ0) is 16.8. The molecule has 0 bridgehead atoms. The lowest BCUT2D eigenvalue weighted by Gasteiger charge is -2.14. The number of hydrogen-bond donors (Lipinski definition) is 3. The summed E-state index contributed by atoms with van der Waals surface area (Å²) in [6.45, 7) is -0.0227. The fourth-order valence-electron chi connectivity index (χ4n) is 1.91. The Hall–Kier alpha value is -2.26. The number of halogens is 2. The van der Waals surface area contributed by atoms with Crippen molar-refractivity contribution in [1.29, 1.82) is 5.26 Å². The first kappa shape index (κ1) is 17.1. The van der Waals surface area contributed by atoms with Gasteiger partial charge in [0.05, 0.1) is 17.7 Å². The Balaban J connectivity index is 1.92. The van der Waals surface area contributed by atoms with Gasteiger partial charge in [-0.15, -0.1) is 0 Å². The molecule has 0 spiro atoms. The van der Waals surface area contributed by atoms with E-state index in [4.69, 9.17) is 28.5 Å². The van der Waals surface area contributed by atoms with Crippen molar-refractivity contribution in [2.45, 2.75) is 6.10 Å². The number of urea groups is 1. The maximum absolute atomic E-state index is 11.8. The average molecular weight is 350 g/mol. The largest absolute Gasteiger partial charge is 0.387 e. The molecule has 118 valence electrons. The van der Waals surface area contributed by atoms with E-state index in [-0.39, 0.29) is 6.54 Å². The lowest BCUT2D eigenvalue weighted by molar-refractivity contribution is 0.175. The van der Waals surface area contributed by atoms with Crippen LogP contribution in [0.25, 0.3) is 0 Å². The number of nitrogens with zero attached hydrogens (tertiary/aromatic N) is 1. The fourth-order valence-corrected chi connectivity index (χ4v) is 2.45. The smallest absolute Gasteiger partial charge is 0.319 e. The number of nitrogens with one attached hydrogen (secondary N) is 2. The van der Waals surface area contributed by atoms with Crippen LogP contribution in [0.5, 0.6) is 0 Å². The van der Waals surface area contributed by atoms with Crippen molar-refractivity contribution >= 4 is 34.9 Å². The van der Waals surface area contributed by atoms with Gasteiger partial charge in [0.1, 0.15) is 0 Å². The molecule has 7 heteroatoms. The summed E-state index contributed by atoms with van der Waals surface area (Å²) < 4.78 is 0. The molecule has 0 aliphatic carbocycles. The zero-order valence-electron chi connectivity index (χ0n) is 11.9. The summed E-state index contributed by atoms with van der Waals surface area (Å²) in [4.78, 5) is 11.8. The number of nitriles is 1. The Bertz CT molecular complexity index is 759. The second-order valence-corrected chi connectivity index (χ2v) is 5.55. The maximum Gasteiger partial charge on any atom is 0.319 e. The van der Waals surface area contributed by atoms with Crippen LogP contribution in [0.3, 0.4) is 0 Å². The lowest BCUT2D eigenvalue weighted by atomic mass is 10.1. The second-order valence-electron chi connectivity index (χ2n) is 4.71. The monoisotopic (exact) mass is 349 g/mol. The molecule has 1 unspecified atom stereocenters.